The minimum absolute atomic E-state index is 0.0344. The molecule has 2 amide bonds. The van der Waals surface area contributed by atoms with E-state index in [1.807, 2.05) is 19.9 Å². The predicted octanol–water partition coefficient (Wildman–Crippen LogP) is 2.31. The van der Waals surface area contributed by atoms with Gasteiger partial charge in [0.2, 0.25) is 11.8 Å². The zero-order chi connectivity index (χ0) is 17.9. The average molecular weight is 334 g/mol. The van der Waals surface area contributed by atoms with Gasteiger partial charge in [0.25, 0.3) is 0 Å². The van der Waals surface area contributed by atoms with Gasteiger partial charge in [-0.2, -0.15) is 0 Å². The number of carbonyl (C=O) groups excluding carboxylic acids is 2. The number of amides is 2. The van der Waals surface area contributed by atoms with Crippen molar-refractivity contribution in [2.75, 3.05) is 32.2 Å². The van der Waals surface area contributed by atoms with Crippen LogP contribution in [0.4, 0.5) is 5.69 Å². The predicted molar refractivity (Wildman–Crippen MR) is 92.5 cm³/mol. The van der Waals surface area contributed by atoms with Crippen LogP contribution in [0.5, 0.6) is 11.5 Å². The molecule has 1 aliphatic heterocycles. The lowest BCUT2D eigenvalue weighted by Gasteiger charge is -2.39. The molecule has 0 bridgehead atoms. The lowest BCUT2D eigenvalue weighted by molar-refractivity contribution is -0.141. The highest BCUT2D eigenvalue weighted by Gasteiger charge is 2.35. The first-order valence-corrected chi connectivity index (χ1v) is 8.22. The molecule has 6 heteroatoms. The Bertz CT molecular complexity index is 615. The van der Waals surface area contributed by atoms with Gasteiger partial charge < -0.3 is 19.3 Å². The fourth-order valence-corrected chi connectivity index (χ4v) is 2.92. The highest BCUT2D eigenvalue weighted by molar-refractivity contribution is 6.01. The van der Waals surface area contributed by atoms with E-state index in [0.29, 0.717) is 36.7 Å². The summed E-state index contributed by atoms with van der Waals surface area (Å²) in [6.07, 6.45) is 0.462. The summed E-state index contributed by atoms with van der Waals surface area (Å²) in [4.78, 5) is 28.5. The van der Waals surface area contributed by atoms with Crippen molar-refractivity contribution in [1.82, 2.24) is 4.90 Å². The van der Waals surface area contributed by atoms with Crippen molar-refractivity contribution in [1.29, 1.82) is 0 Å². The maximum Gasteiger partial charge on any atom is 0.249 e. The van der Waals surface area contributed by atoms with Crippen molar-refractivity contribution >= 4 is 17.5 Å². The molecule has 0 saturated carbocycles. The molecular formula is C18H26N2O4. The number of benzene rings is 1. The van der Waals surface area contributed by atoms with Crippen molar-refractivity contribution in [3.8, 4) is 11.5 Å². The summed E-state index contributed by atoms with van der Waals surface area (Å²) in [5.41, 5.74) is 0.700. The summed E-state index contributed by atoms with van der Waals surface area (Å²) in [5.74, 6) is 1.47. The Morgan fingerprint density at radius 3 is 2.54 bits per heavy atom. The van der Waals surface area contributed by atoms with Gasteiger partial charge in [0, 0.05) is 25.6 Å². The van der Waals surface area contributed by atoms with Gasteiger partial charge >= 0.3 is 0 Å². The Balaban J connectivity index is 2.21. The number of ether oxygens (including phenoxy) is 2. The number of methoxy groups -OCH3 is 2. The largest absolute Gasteiger partial charge is 0.497 e. The van der Waals surface area contributed by atoms with Crippen molar-refractivity contribution in [2.24, 2.45) is 5.92 Å². The van der Waals surface area contributed by atoms with E-state index in [-0.39, 0.29) is 17.7 Å². The fourth-order valence-electron chi connectivity index (χ4n) is 2.92. The van der Waals surface area contributed by atoms with Gasteiger partial charge in [-0.25, -0.2) is 0 Å². The van der Waals surface area contributed by atoms with Crippen LogP contribution in [0.3, 0.4) is 0 Å². The van der Waals surface area contributed by atoms with E-state index in [1.54, 1.807) is 43.1 Å². The normalized spacial score (nSPS) is 18.1. The molecule has 0 N–H and O–H groups in total. The molecule has 0 spiro atoms. The quantitative estimate of drug-likeness (QED) is 0.829. The minimum Gasteiger partial charge on any atom is -0.497 e. The molecular weight excluding hydrogens is 308 g/mol. The molecule has 1 saturated heterocycles. The van der Waals surface area contributed by atoms with E-state index in [0.717, 1.165) is 0 Å². The number of nitrogens with zero attached hydrogens (tertiary/aromatic N) is 2. The number of hydrogen-bond donors (Lipinski definition) is 0. The van der Waals surface area contributed by atoms with E-state index >= 15 is 0 Å². The topological polar surface area (TPSA) is 59.1 Å². The molecule has 0 unspecified atom stereocenters. The lowest BCUT2D eigenvalue weighted by atomic mass is 10.1. The van der Waals surface area contributed by atoms with Crippen molar-refractivity contribution in [3.05, 3.63) is 18.2 Å². The van der Waals surface area contributed by atoms with E-state index < -0.39 is 6.04 Å². The molecule has 2 rings (SSSR count). The van der Waals surface area contributed by atoms with Crippen LogP contribution < -0.4 is 14.4 Å². The monoisotopic (exact) mass is 334 g/mol. The molecule has 132 valence electrons. The summed E-state index contributed by atoms with van der Waals surface area (Å²) in [6.45, 7) is 6.76. The second kappa shape index (κ2) is 7.55. The first-order chi connectivity index (χ1) is 11.4. The molecule has 1 atom stereocenters. The first kappa shape index (κ1) is 18.1. The third kappa shape index (κ3) is 3.63. The van der Waals surface area contributed by atoms with E-state index in [4.69, 9.17) is 9.47 Å². The number of piperazine rings is 1. The smallest absolute Gasteiger partial charge is 0.249 e. The molecule has 0 aromatic heterocycles. The zero-order valence-corrected chi connectivity index (χ0v) is 15.0. The third-order valence-corrected chi connectivity index (χ3v) is 4.24. The molecule has 0 aliphatic carbocycles. The highest BCUT2D eigenvalue weighted by Crippen LogP contribution is 2.34. The number of carbonyl (C=O) groups is 2. The van der Waals surface area contributed by atoms with Crippen molar-refractivity contribution in [3.63, 3.8) is 0 Å². The van der Waals surface area contributed by atoms with Crippen LogP contribution in [0.25, 0.3) is 0 Å². The maximum atomic E-state index is 12.8. The van der Waals surface area contributed by atoms with Crippen LogP contribution in [-0.2, 0) is 9.59 Å². The van der Waals surface area contributed by atoms with E-state index in [9.17, 15) is 9.59 Å². The Kier molecular flexibility index (Phi) is 5.70. The first-order valence-electron chi connectivity index (χ1n) is 8.22. The molecule has 24 heavy (non-hydrogen) atoms. The highest BCUT2D eigenvalue weighted by atomic mass is 16.5. The summed E-state index contributed by atoms with van der Waals surface area (Å²) in [6, 6.07) is 4.89. The molecule has 1 aromatic rings. The zero-order valence-electron chi connectivity index (χ0n) is 15.0. The summed E-state index contributed by atoms with van der Waals surface area (Å²) in [5, 5.41) is 0. The van der Waals surface area contributed by atoms with Crippen molar-refractivity contribution in [2.45, 2.75) is 33.2 Å². The molecule has 1 fully saturated rings. The Morgan fingerprint density at radius 2 is 1.96 bits per heavy atom. The SMILES string of the molecule is COc1ccc(N2CCN(C(=O)CC(C)C)[C@@H](C)C2=O)c(OC)c1. The fraction of sp³-hybridized carbons (Fsp3) is 0.556. The van der Waals surface area contributed by atoms with Crippen LogP contribution in [0.15, 0.2) is 18.2 Å². The number of rotatable bonds is 5. The van der Waals surface area contributed by atoms with Gasteiger partial charge in [0.1, 0.15) is 17.5 Å². The summed E-state index contributed by atoms with van der Waals surface area (Å²) >= 11 is 0. The van der Waals surface area contributed by atoms with Crippen molar-refractivity contribution < 1.29 is 19.1 Å². The maximum absolute atomic E-state index is 12.8. The van der Waals surface area contributed by atoms with E-state index in [2.05, 4.69) is 0 Å². The van der Waals surface area contributed by atoms with Gasteiger partial charge in [-0.3, -0.25) is 9.59 Å². The van der Waals surface area contributed by atoms with Gasteiger partial charge in [0.05, 0.1) is 19.9 Å². The second-order valence-corrected chi connectivity index (χ2v) is 6.39. The lowest BCUT2D eigenvalue weighted by Crippen LogP contribution is -2.58. The van der Waals surface area contributed by atoms with Crippen LogP contribution >= 0.6 is 0 Å². The Hall–Kier alpha value is -2.24. The van der Waals surface area contributed by atoms with Gasteiger partial charge in [-0.15, -0.1) is 0 Å². The molecule has 1 heterocycles. The van der Waals surface area contributed by atoms with Crippen LogP contribution in [0.2, 0.25) is 0 Å². The van der Waals surface area contributed by atoms with Crippen LogP contribution in [0.1, 0.15) is 27.2 Å². The van der Waals surface area contributed by atoms with Crippen LogP contribution in [-0.4, -0.2) is 50.1 Å². The standard InChI is InChI=1S/C18H26N2O4/c1-12(2)10-17(21)19-8-9-20(18(22)13(19)3)15-7-6-14(23-4)11-16(15)24-5/h6-7,11-13H,8-10H2,1-5H3/t13-/m0/s1. The minimum atomic E-state index is -0.475. The molecule has 1 aromatic carbocycles. The van der Waals surface area contributed by atoms with Crippen LogP contribution in [0, 0.1) is 5.92 Å². The second-order valence-electron chi connectivity index (χ2n) is 6.39. The van der Waals surface area contributed by atoms with Gasteiger partial charge in [0.15, 0.2) is 0 Å². The Labute approximate surface area is 143 Å². The van der Waals surface area contributed by atoms with E-state index in [1.165, 1.54) is 0 Å². The summed E-state index contributed by atoms with van der Waals surface area (Å²) < 4.78 is 10.6. The molecule has 6 nitrogen and oxygen atoms in total. The van der Waals surface area contributed by atoms with Gasteiger partial charge in [-0.05, 0) is 25.0 Å². The third-order valence-electron chi connectivity index (χ3n) is 4.24. The molecule has 1 aliphatic rings. The average Bonchev–Trinajstić information content (AvgIpc) is 2.56. The Morgan fingerprint density at radius 1 is 1.25 bits per heavy atom. The summed E-state index contributed by atoms with van der Waals surface area (Å²) in [7, 11) is 3.15. The molecule has 0 radical (unpaired) electrons. The number of anilines is 1. The number of hydrogen-bond acceptors (Lipinski definition) is 4. The van der Waals surface area contributed by atoms with Gasteiger partial charge in [-0.1, -0.05) is 13.8 Å².